The number of benzene rings is 1. The molecule has 3 heterocycles. The molecule has 14 heteroatoms. The summed E-state index contributed by atoms with van der Waals surface area (Å²) in [6.07, 6.45) is -0.215. The highest BCUT2D eigenvalue weighted by molar-refractivity contribution is 6.62. The van der Waals surface area contributed by atoms with E-state index in [0.29, 0.717) is 24.2 Å². The number of hydrogen-bond donors (Lipinski definition) is 0. The SMILES string of the molecule is BC(B)(B)C1(B)C(C)CC(C(CC)Oc2ccc(C(F)(F)F)cn2)N1C(=O)c1cc(F)ccc1-c1ncccn1. The molecule has 1 aliphatic rings. The van der Waals surface area contributed by atoms with Gasteiger partial charge in [-0.3, -0.25) is 4.79 Å². The highest BCUT2D eigenvalue weighted by atomic mass is 19.4. The normalized spacial score (nSPS) is 22.2. The number of ether oxygens (including phenoxy) is 1. The monoisotopic (exact) mass is 550 g/mol. The standard InChI is InChI=1S/C26H30B4F4N4O2/c1-3-20(40-21-8-5-15(13-37-21)25(32,33)34)19-11-14(2)24(27,26(28,29)30)38(19)23(39)18-12-16(31)6-7-17(18)22-35-9-4-10-36-22/h4-10,12-14,19-20H,3,11,27-30H2,1-2H3. The van der Waals surface area contributed by atoms with Crippen molar-refractivity contribution in [2.45, 2.75) is 55.6 Å². The number of halogens is 4. The Labute approximate surface area is 235 Å². The highest BCUT2D eigenvalue weighted by Gasteiger charge is 2.57. The Kier molecular flexibility index (Phi) is 8.11. The van der Waals surface area contributed by atoms with Crippen LogP contribution in [0.4, 0.5) is 17.6 Å². The van der Waals surface area contributed by atoms with Gasteiger partial charge in [0.1, 0.15) is 19.8 Å². The molecule has 4 rings (SSSR count). The lowest BCUT2D eigenvalue weighted by Crippen LogP contribution is -2.63. The van der Waals surface area contributed by atoms with Crippen LogP contribution in [0.1, 0.15) is 42.6 Å². The fourth-order valence-electron chi connectivity index (χ4n) is 5.72. The van der Waals surface area contributed by atoms with Crippen molar-refractivity contribution in [2.75, 3.05) is 0 Å². The minimum atomic E-state index is -4.51. The van der Waals surface area contributed by atoms with E-state index in [1.807, 2.05) is 14.8 Å². The van der Waals surface area contributed by atoms with Crippen LogP contribution in [0.25, 0.3) is 11.4 Å². The second-order valence-corrected chi connectivity index (χ2v) is 11.5. The summed E-state index contributed by atoms with van der Waals surface area (Å²) >= 11 is 0. The third-order valence-electron chi connectivity index (χ3n) is 8.31. The Balaban J connectivity index is 1.79. The van der Waals surface area contributed by atoms with E-state index in [1.54, 1.807) is 23.4 Å². The Morgan fingerprint density at radius 1 is 1.15 bits per heavy atom. The van der Waals surface area contributed by atoms with Crippen molar-refractivity contribution in [3.63, 3.8) is 0 Å². The molecule has 1 fully saturated rings. The van der Waals surface area contributed by atoms with Gasteiger partial charge in [-0.05, 0) is 54.5 Å². The van der Waals surface area contributed by atoms with Gasteiger partial charge in [0.05, 0.1) is 40.7 Å². The third-order valence-corrected chi connectivity index (χ3v) is 8.31. The smallest absolute Gasteiger partial charge is 0.417 e. The molecule has 1 aromatic carbocycles. The van der Waals surface area contributed by atoms with E-state index in [1.165, 1.54) is 24.3 Å². The van der Waals surface area contributed by atoms with Crippen molar-refractivity contribution < 1.29 is 27.1 Å². The van der Waals surface area contributed by atoms with Gasteiger partial charge in [0.2, 0.25) is 5.88 Å². The van der Waals surface area contributed by atoms with E-state index in [9.17, 15) is 22.4 Å². The number of pyridine rings is 1. The van der Waals surface area contributed by atoms with Crippen molar-refractivity contribution in [1.29, 1.82) is 0 Å². The summed E-state index contributed by atoms with van der Waals surface area (Å²) in [5.41, 5.74) is -1.02. The summed E-state index contributed by atoms with van der Waals surface area (Å²) in [4.78, 5) is 28.8. The van der Waals surface area contributed by atoms with Gasteiger partial charge in [-0.25, -0.2) is 19.3 Å². The van der Waals surface area contributed by atoms with Crippen LogP contribution in [-0.4, -0.2) is 74.7 Å². The number of carbonyl (C=O) groups is 1. The molecule has 1 aliphatic heterocycles. The minimum Gasteiger partial charge on any atom is -0.472 e. The molecule has 0 saturated carbocycles. The van der Waals surface area contributed by atoms with E-state index >= 15 is 0 Å². The Hall–Kier alpha value is -3.30. The zero-order valence-corrected chi connectivity index (χ0v) is 23.5. The number of alkyl halides is 3. The molecule has 4 unspecified atom stereocenters. The molecule has 6 nitrogen and oxygen atoms in total. The number of likely N-dealkylation sites (tertiary alicyclic amines) is 1. The predicted molar refractivity (Wildman–Crippen MR) is 155 cm³/mol. The summed E-state index contributed by atoms with van der Waals surface area (Å²) < 4.78 is 59.9. The molecular formula is C26H30B4F4N4O2. The Morgan fingerprint density at radius 3 is 2.38 bits per heavy atom. The second-order valence-electron chi connectivity index (χ2n) is 11.5. The molecular weight excluding hydrogens is 520 g/mol. The van der Waals surface area contributed by atoms with Gasteiger partial charge in [0, 0.05) is 30.2 Å². The fraction of sp³-hybridized carbons (Fsp3) is 0.385. The number of aromatic nitrogens is 3. The number of hydrogen-bond acceptors (Lipinski definition) is 5. The lowest BCUT2D eigenvalue weighted by Gasteiger charge is -2.51. The largest absolute Gasteiger partial charge is 0.472 e. The zero-order valence-electron chi connectivity index (χ0n) is 23.5. The molecule has 206 valence electrons. The zero-order chi connectivity index (χ0) is 29.5. The topological polar surface area (TPSA) is 68.2 Å². The molecule has 0 aliphatic carbocycles. The second kappa shape index (κ2) is 10.9. The van der Waals surface area contributed by atoms with Crippen LogP contribution in [0.3, 0.4) is 0 Å². The quantitative estimate of drug-likeness (QED) is 0.332. The van der Waals surface area contributed by atoms with Gasteiger partial charge in [-0.2, -0.15) is 13.2 Å². The maximum absolute atomic E-state index is 14.6. The van der Waals surface area contributed by atoms with Gasteiger partial charge >= 0.3 is 6.18 Å². The maximum Gasteiger partial charge on any atom is 0.417 e. The molecule has 0 spiro atoms. The van der Waals surface area contributed by atoms with Crippen molar-refractivity contribution in [3.05, 3.63) is 71.9 Å². The number of rotatable bonds is 7. The molecule has 2 aromatic heterocycles. The molecule has 0 bridgehead atoms. The van der Waals surface area contributed by atoms with Gasteiger partial charge in [-0.1, -0.05) is 19.0 Å². The van der Waals surface area contributed by atoms with Crippen LogP contribution in [-0.2, 0) is 6.18 Å². The highest BCUT2D eigenvalue weighted by Crippen LogP contribution is 2.49. The molecule has 1 amide bonds. The summed E-state index contributed by atoms with van der Waals surface area (Å²) in [7, 11) is 8.19. The molecule has 40 heavy (non-hydrogen) atoms. The van der Waals surface area contributed by atoms with Crippen molar-refractivity contribution in [1.82, 2.24) is 19.9 Å². The first kappa shape index (κ1) is 29.7. The van der Waals surface area contributed by atoms with E-state index in [2.05, 4.69) is 45.4 Å². The number of nitrogens with zero attached hydrogens (tertiary/aromatic N) is 4. The summed E-state index contributed by atoms with van der Waals surface area (Å²) in [6.45, 7) is 3.96. The Bertz CT molecular complexity index is 1360. The van der Waals surface area contributed by atoms with Crippen LogP contribution >= 0.6 is 0 Å². The molecule has 3 aromatic rings. The predicted octanol–water partition coefficient (Wildman–Crippen LogP) is 1.71. The first-order valence-corrected chi connectivity index (χ1v) is 13.3. The lowest BCUT2D eigenvalue weighted by molar-refractivity contribution is -0.137. The Morgan fingerprint density at radius 2 is 1.82 bits per heavy atom. The van der Waals surface area contributed by atoms with Crippen LogP contribution in [0, 0.1) is 11.7 Å². The van der Waals surface area contributed by atoms with E-state index in [0.717, 1.165) is 12.3 Å². The van der Waals surface area contributed by atoms with Gasteiger partial charge < -0.3 is 9.64 Å². The van der Waals surface area contributed by atoms with E-state index in [-0.39, 0.29) is 17.4 Å². The summed E-state index contributed by atoms with van der Waals surface area (Å²) in [5.74, 6) is -0.611. The molecule has 0 N–H and O–H groups in total. The number of amides is 1. The van der Waals surface area contributed by atoms with Crippen LogP contribution in [0.15, 0.2) is 55.0 Å². The van der Waals surface area contributed by atoms with E-state index in [4.69, 9.17) is 4.74 Å². The van der Waals surface area contributed by atoms with Crippen molar-refractivity contribution in [3.8, 4) is 17.3 Å². The first-order chi connectivity index (χ1) is 18.7. The number of carbonyl (C=O) groups excluding carboxylic acids is 1. The van der Waals surface area contributed by atoms with Gasteiger partial charge in [-0.15, -0.1) is 0 Å². The summed E-state index contributed by atoms with van der Waals surface area (Å²) in [6, 6.07) is 7.28. The maximum atomic E-state index is 14.6. The van der Waals surface area contributed by atoms with E-state index < -0.39 is 46.2 Å². The van der Waals surface area contributed by atoms with Crippen LogP contribution in [0.5, 0.6) is 5.88 Å². The average molecular weight is 550 g/mol. The van der Waals surface area contributed by atoms with Crippen molar-refractivity contribution >= 4 is 37.3 Å². The molecule has 1 saturated heterocycles. The third kappa shape index (κ3) is 5.49. The van der Waals surface area contributed by atoms with Crippen LogP contribution in [0.2, 0.25) is 5.11 Å². The van der Waals surface area contributed by atoms with Crippen LogP contribution < -0.4 is 4.74 Å². The van der Waals surface area contributed by atoms with Gasteiger partial charge in [0.15, 0.2) is 5.82 Å². The molecule has 4 atom stereocenters. The minimum absolute atomic E-state index is 0.0182. The van der Waals surface area contributed by atoms with Gasteiger partial charge in [0.25, 0.3) is 5.91 Å². The van der Waals surface area contributed by atoms with Crippen molar-refractivity contribution in [2.24, 2.45) is 5.92 Å². The molecule has 0 radical (unpaired) electrons. The first-order valence-electron chi connectivity index (χ1n) is 13.3. The summed E-state index contributed by atoms with van der Waals surface area (Å²) in [5, 5.41) is -0.390. The lowest BCUT2D eigenvalue weighted by atomic mass is 9.29. The fourth-order valence-corrected chi connectivity index (χ4v) is 5.72. The average Bonchev–Trinajstić information content (AvgIpc) is 3.18.